The molecule has 0 amide bonds. The average molecular weight is 302 g/mol. The monoisotopic (exact) mass is 302 g/mol. The fourth-order valence-corrected chi connectivity index (χ4v) is 1.78. The first-order chi connectivity index (χ1) is 10.5. The standard InChI is InChI=1S/C17H18O5/c1-4-5-8-20-14-10-13-12(6-7-16(18)21-13)9-15(14)22-17(19)11(2)3/h6-7,9-10H,2,4-5,8H2,1,3H3. The number of ether oxygens (including phenoxy) is 2. The van der Waals surface area contributed by atoms with Gasteiger partial charge in [-0.3, -0.25) is 0 Å². The van der Waals surface area contributed by atoms with Crippen molar-refractivity contribution in [2.45, 2.75) is 26.7 Å². The van der Waals surface area contributed by atoms with Gasteiger partial charge in [-0.25, -0.2) is 9.59 Å². The molecule has 1 aromatic carbocycles. The lowest BCUT2D eigenvalue weighted by molar-refractivity contribution is -0.130. The number of esters is 1. The highest BCUT2D eigenvalue weighted by molar-refractivity contribution is 5.90. The molecule has 5 nitrogen and oxygen atoms in total. The molecule has 0 saturated carbocycles. The van der Waals surface area contributed by atoms with E-state index in [1.165, 1.54) is 6.07 Å². The first-order valence-electron chi connectivity index (χ1n) is 7.09. The molecule has 2 aromatic rings. The Morgan fingerprint density at radius 1 is 1.27 bits per heavy atom. The maximum absolute atomic E-state index is 11.7. The second kappa shape index (κ2) is 6.93. The Bertz CT molecular complexity index is 757. The van der Waals surface area contributed by atoms with Crippen LogP contribution in [-0.4, -0.2) is 12.6 Å². The predicted octanol–water partition coefficient (Wildman–Crippen LogP) is 3.45. The van der Waals surface area contributed by atoms with Crippen LogP contribution in [0.2, 0.25) is 0 Å². The van der Waals surface area contributed by atoms with Crippen LogP contribution in [0.1, 0.15) is 26.7 Å². The number of rotatable bonds is 6. The molecule has 116 valence electrons. The Morgan fingerprint density at radius 2 is 2.05 bits per heavy atom. The van der Waals surface area contributed by atoms with Gasteiger partial charge in [0.25, 0.3) is 0 Å². The number of fused-ring (bicyclic) bond motifs is 1. The van der Waals surface area contributed by atoms with E-state index in [2.05, 4.69) is 6.58 Å². The summed E-state index contributed by atoms with van der Waals surface area (Å²) in [6.07, 6.45) is 1.84. The van der Waals surface area contributed by atoms with Crippen LogP contribution in [0, 0.1) is 0 Å². The van der Waals surface area contributed by atoms with Crippen molar-refractivity contribution in [3.05, 3.63) is 46.8 Å². The summed E-state index contributed by atoms with van der Waals surface area (Å²) in [7, 11) is 0. The highest BCUT2D eigenvalue weighted by Gasteiger charge is 2.14. The van der Waals surface area contributed by atoms with E-state index in [1.807, 2.05) is 6.92 Å². The van der Waals surface area contributed by atoms with E-state index in [1.54, 1.807) is 25.1 Å². The summed E-state index contributed by atoms with van der Waals surface area (Å²) in [6.45, 7) is 7.65. The summed E-state index contributed by atoms with van der Waals surface area (Å²) in [4.78, 5) is 23.0. The molecule has 0 aliphatic carbocycles. The average Bonchev–Trinajstić information content (AvgIpc) is 2.48. The third kappa shape index (κ3) is 3.75. The number of hydrogen-bond acceptors (Lipinski definition) is 5. The van der Waals surface area contributed by atoms with E-state index in [9.17, 15) is 9.59 Å². The first kappa shape index (κ1) is 15.8. The predicted molar refractivity (Wildman–Crippen MR) is 83.3 cm³/mol. The maximum atomic E-state index is 11.7. The molecule has 0 N–H and O–H groups in total. The Hall–Kier alpha value is -2.56. The van der Waals surface area contributed by atoms with Gasteiger partial charge in [0.15, 0.2) is 11.5 Å². The normalized spacial score (nSPS) is 10.5. The van der Waals surface area contributed by atoms with E-state index in [4.69, 9.17) is 13.9 Å². The van der Waals surface area contributed by atoms with E-state index in [-0.39, 0.29) is 5.75 Å². The summed E-state index contributed by atoms with van der Waals surface area (Å²) < 4.78 is 16.1. The molecule has 5 heteroatoms. The fourth-order valence-electron chi connectivity index (χ4n) is 1.78. The van der Waals surface area contributed by atoms with Crippen LogP contribution in [0.4, 0.5) is 0 Å². The summed E-state index contributed by atoms with van der Waals surface area (Å²) in [5, 5.41) is 0.645. The third-order valence-corrected chi connectivity index (χ3v) is 2.99. The van der Waals surface area contributed by atoms with Crippen molar-refractivity contribution in [1.82, 2.24) is 0 Å². The molecule has 0 bridgehead atoms. The van der Waals surface area contributed by atoms with Gasteiger partial charge in [0, 0.05) is 23.1 Å². The van der Waals surface area contributed by atoms with Crippen molar-refractivity contribution >= 4 is 16.9 Å². The summed E-state index contributed by atoms with van der Waals surface area (Å²) in [5.41, 5.74) is 0.229. The van der Waals surface area contributed by atoms with Gasteiger partial charge in [-0.1, -0.05) is 19.9 Å². The van der Waals surface area contributed by atoms with Crippen LogP contribution in [-0.2, 0) is 4.79 Å². The highest BCUT2D eigenvalue weighted by Crippen LogP contribution is 2.32. The summed E-state index contributed by atoms with van der Waals surface area (Å²) in [5.74, 6) is 0.118. The minimum atomic E-state index is -0.530. The summed E-state index contributed by atoms with van der Waals surface area (Å²) >= 11 is 0. The number of carbonyl (C=O) groups excluding carboxylic acids is 1. The molecule has 22 heavy (non-hydrogen) atoms. The molecular formula is C17H18O5. The molecule has 0 radical (unpaired) electrons. The molecule has 2 rings (SSSR count). The number of carbonyl (C=O) groups is 1. The SMILES string of the molecule is C=C(C)C(=O)Oc1cc2ccc(=O)oc2cc1OCCCC. The zero-order valence-corrected chi connectivity index (χ0v) is 12.7. The zero-order valence-electron chi connectivity index (χ0n) is 12.7. The second-order valence-electron chi connectivity index (χ2n) is 4.96. The quantitative estimate of drug-likeness (QED) is 0.269. The molecule has 0 aliphatic rings. The highest BCUT2D eigenvalue weighted by atomic mass is 16.6. The topological polar surface area (TPSA) is 65.7 Å². The van der Waals surface area contributed by atoms with Gasteiger partial charge in [0.2, 0.25) is 0 Å². The van der Waals surface area contributed by atoms with Crippen molar-refractivity contribution < 1.29 is 18.7 Å². The van der Waals surface area contributed by atoms with Gasteiger partial charge in [-0.15, -0.1) is 0 Å². The number of hydrogen-bond donors (Lipinski definition) is 0. The molecule has 1 aromatic heterocycles. The van der Waals surface area contributed by atoms with Gasteiger partial charge in [-0.05, 0) is 25.5 Å². The lowest BCUT2D eigenvalue weighted by atomic mass is 10.2. The Labute approximate surface area is 128 Å². The fraction of sp³-hybridized carbons (Fsp3) is 0.294. The van der Waals surface area contributed by atoms with E-state index in [0.29, 0.717) is 28.9 Å². The van der Waals surface area contributed by atoms with Crippen molar-refractivity contribution in [1.29, 1.82) is 0 Å². The molecule has 1 heterocycles. The Morgan fingerprint density at radius 3 is 2.73 bits per heavy atom. The van der Waals surface area contributed by atoms with Crippen LogP contribution in [0.15, 0.2) is 45.6 Å². The first-order valence-corrected chi connectivity index (χ1v) is 7.09. The van der Waals surface area contributed by atoms with Crippen LogP contribution >= 0.6 is 0 Å². The van der Waals surface area contributed by atoms with Gasteiger partial charge in [0.1, 0.15) is 5.58 Å². The van der Waals surface area contributed by atoms with E-state index in [0.717, 1.165) is 12.8 Å². The maximum Gasteiger partial charge on any atom is 0.338 e. The van der Waals surface area contributed by atoms with Crippen LogP contribution in [0.25, 0.3) is 11.0 Å². The molecule has 0 spiro atoms. The molecule has 0 saturated heterocycles. The van der Waals surface area contributed by atoms with Crippen LogP contribution in [0.3, 0.4) is 0 Å². The van der Waals surface area contributed by atoms with Crippen molar-refractivity contribution in [2.24, 2.45) is 0 Å². The van der Waals surface area contributed by atoms with E-state index < -0.39 is 11.6 Å². The van der Waals surface area contributed by atoms with Gasteiger partial charge in [0.05, 0.1) is 6.61 Å². The molecule has 0 fully saturated rings. The van der Waals surface area contributed by atoms with Crippen molar-refractivity contribution in [3.8, 4) is 11.5 Å². The Balaban J connectivity index is 2.42. The number of unbranched alkanes of at least 4 members (excludes halogenated alkanes) is 1. The minimum Gasteiger partial charge on any atom is -0.490 e. The van der Waals surface area contributed by atoms with Crippen molar-refractivity contribution in [3.63, 3.8) is 0 Å². The molecule has 0 atom stereocenters. The van der Waals surface area contributed by atoms with Gasteiger partial charge < -0.3 is 13.9 Å². The Kier molecular flexibility index (Phi) is 4.99. The lowest BCUT2D eigenvalue weighted by Gasteiger charge is -2.12. The molecule has 0 unspecified atom stereocenters. The van der Waals surface area contributed by atoms with E-state index >= 15 is 0 Å². The molecular weight excluding hydrogens is 284 g/mol. The van der Waals surface area contributed by atoms with Gasteiger partial charge >= 0.3 is 11.6 Å². The molecule has 0 aliphatic heterocycles. The third-order valence-electron chi connectivity index (χ3n) is 2.99. The summed E-state index contributed by atoms with van der Waals surface area (Å²) in [6, 6.07) is 6.09. The smallest absolute Gasteiger partial charge is 0.338 e. The van der Waals surface area contributed by atoms with Crippen molar-refractivity contribution in [2.75, 3.05) is 6.61 Å². The van der Waals surface area contributed by atoms with Gasteiger partial charge in [-0.2, -0.15) is 0 Å². The lowest BCUT2D eigenvalue weighted by Crippen LogP contribution is -2.10. The van der Waals surface area contributed by atoms with Crippen LogP contribution in [0.5, 0.6) is 11.5 Å². The minimum absolute atomic E-state index is 0.283. The zero-order chi connectivity index (χ0) is 16.1. The number of benzene rings is 1. The largest absolute Gasteiger partial charge is 0.490 e. The van der Waals surface area contributed by atoms with Crippen LogP contribution < -0.4 is 15.1 Å². The second-order valence-corrected chi connectivity index (χ2v) is 4.96.